The van der Waals surface area contributed by atoms with Crippen LogP contribution in [0, 0.1) is 0 Å². The quantitative estimate of drug-likeness (QED) is 0.715. The van der Waals surface area contributed by atoms with Crippen LogP contribution in [-0.4, -0.2) is 48.0 Å². The Morgan fingerprint density at radius 2 is 2.05 bits per heavy atom. The second kappa shape index (κ2) is 4.57. The van der Waals surface area contributed by atoms with Crippen LogP contribution in [0.25, 0.3) is 0 Å². The molecule has 100 valence electrons. The molecule has 0 saturated carbocycles. The maximum absolute atomic E-state index is 12.0. The van der Waals surface area contributed by atoms with Crippen molar-refractivity contribution in [1.82, 2.24) is 9.80 Å². The van der Waals surface area contributed by atoms with Gasteiger partial charge in [0.25, 0.3) is 5.91 Å². The highest BCUT2D eigenvalue weighted by atomic mass is 16.5. The average molecular weight is 260 g/mol. The number of carbonyl (C=O) groups is 2. The number of aryl methyl sites for hydroxylation is 1. The van der Waals surface area contributed by atoms with Crippen molar-refractivity contribution < 1.29 is 14.3 Å². The third kappa shape index (κ3) is 2.05. The van der Waals surface area contributed by atoms with Gasteiger partial charge < -0.3 is 9.64 Å². The number of hydrogen-bond donors (Lipinski definition) is 0. The number of carbonyl (C=O) groups excluding carboxylic acids is 2. The summed E-state index contributed by atoms with van der Waals surface area (Å²) in [5.74, 6) is 0.726. The molecule has 5 nitrogen and oxygen atoms in total. The average Bonchev–Trinajstić information content (AvgIpc) is 2.58. The highest BCUT2D eigenvalue weighted by Crippen LogP contribution is 2.26. The van der Waals surface area contributed by atoms with Gasteiger partial charge in [0.2, 0.25) is 0 Å². The largest absolute Gasteiger partial charge is 0.491 e. The van der Waals surface area contributed by atoms with Crippen molar-refractivity contribution in [3.8, 4) is 5.75 Å². The SMILES string of the molecule is CN1CC(=O)N(C2CCc3ccccc3OC2)C1=O. The van der Waals surface area contributed by atoms with E-state index < -0.39 is 0 Å². The molecule has 1 saturated heterocycles. The van der Waals surface area contributed by atoms with Crippen LogP contribution in [0.5, 0.6) is 5.75 Å². The molecule has 1 atom stereocenters. The summed E-state index contributed by atoms with van der Waals surface area (Å²) < 4.78 is 5.74. The van der Waals surface area contributed by atoms with Crippen molar-refractivity contribution in [2.24, 2.45) is 0 Å². The lowest BCUT2D eigenvalue weighted by Gasteiger charge is -2.23. The smallest absolute Gasteiger partial charge is 0.327 e. The van der Waals surface area contributed by atoms with Gasteiger partial charge in [0, 0.05) is 7.05 Å². The van der Waals surface area contributed by atoms with E-state index in [0.29, 0.717) is 6.61 Å². The van der Waals surface area contributed by atoms with Gasteiger partial charge in [0.15, 0.2) is 0 Å². The molecule has 2 heterocycles. The molecule has 1 aromatic rings. The van der Waals surface area contributed by atoms with Crippen molar-refractivity contribution in [3.05, 3.63) is 29.8 Å². The van der Waals surface area contributed by atoms with Crippen molar-refractivity contribution in [1.29, 1.82) is 0 Å². The van der Waals surface area contributed by atoms with Gasteiger partial charge in [-0.15, -0.1) is 0 Å². The van der Waals surface area contributed by atoms with E-state index in [0.717, 1.165) is 24.2 Å². The summed E-state index contributed by atoms with van der Waals surface area (Å²) in [4.78, 5) is 26.7. The van der Waals surface area contributed by atoms with Crippen molar-refractivity contribution in [2.75, 3.05) is 20.2 Å². The molecule has 19 heavy (non-hydrogen) atoms. The molecule has 3 rings (SSSR count). The van der Waals surface area contributed by atoms with Crippen LogP contribution in [0.3, 0.4) is 0 Å². The second-order valence-corrected chi connectivity index (χ2v) is 5.01. The molecule has 3 amide bonds. The van der Waals surface area contributed by atoms with Crippen LogP contribution in [0.15, 0.2) is 24.3 Å². The highest BCUT2D eigenvalue weighted by molar-refractivity contribution is 6.02. The Balaban J connectivity index is 1.79. The first-order chi connectivity index (χ1) is 9.16. The standard InChI is InChI=1S/C14H16N2O3/c1-15-8-13(17)16(14(15)18)11-7-6-10-4-2-3-5-12(10)19-9-11/h2-5,11H,6-9H2,1H3. The molecule has 0 bridgehead atoms. The summed E-state index contributed by atoms with van der Waals surface area (Å²) in [6.07, 6.45) is 1.57. The van der Waals surface area contributed by atoms with Crippen LogP contribution in [0.1, 0.15) is 12.0 Å². The number of rotatable bonds is 1. The fraction of sp³-hybridized carbons (Fsp3) is 0.429. The van der Waals surface area contributed by atoms with Gasteiger partial charge in [-0.2, -0.15) is 0 Å². The van der Waals surface area contributed by atoms with E-state index >= 15 is 0 Å². The first kappa shape index (κ1) is 12.0. The molecule has 2 aliphatic heterocycles. The van der Waals surface area contributed by atoms with Crippen molar-refractivity contribution in [3.63, 3.8) is 0 Å². The molecular formula is C14H16N2O3. The molecule has 1 aromatic carbocycles. The molecule has 0 spiro atoms. The van der Waals surface area contributed by atoms with Gasteiger partial charge in [-0.05, 0) is 24.5 Å². The Labute approximate surface area is 111 Å². The lowest BCUT2D eigenvalue weighted by Crippen LogP contribution is -2.43. The maximum atomic E-state index is 12.0. The molecule has 0 N–H and O–H groups in total. The molecule has 0 radical (unpaired) electrons. The van der Waals surface area contributed by atoms with E-state index in [1.807, 2.05) is 24.3 Å². The fourth-order valence-electron chi connectivity index (χ4n) is 2.64. The first-order valence-corrected chi connectivity index (χ1v) is 6.44. The fourth-order valence-corrected chi connectivity index (χ4v) is 2.64. The summed E-state index contributed by atoms with van der Waals surface area (Å²) in [5.41, 5.74) is 1.14. The normalized spacial score (nSPS) is 23.1. The minimum Gasteiger partial charge on any atom is -0.491 e. The van der Waals surface area contributed by atoms with Gasteiger partial charge in [-0.25, -0.2) is 4.79 Å². The molecule has 1 fully saturated rings. The number of amides is 3. The highest BCUT2D eigenvalue weighted by Gasteiger charge is 2.39. The lowest BCUT2D eigenvalue weighted by atomic mass is 10.1. The Kier molecular flexibility index (Phi) is 2.89. The van der Waals surface area contributed by atoms with Crippen LogP contribution in [0.4, 0.5) is 4.79 Å². The predicted molar refractivity (Wildman–Crippen MR) is 68.9 cm³/mol. The molecule has 0 aliphatic carbocycles. The van der Waals surface area contributed by atoms with Crippen LogP contribution in [-0.2, 0) is 11.2 Å². The Hall–Kier alpha value is -2.04. The number of urea groups is 1. The number of imide groups is 1. The topological polar surface area (TPSA) is 49.9 Å². The zero-order valence-corrected chi connectivity index (χ0v) is 10.8. The maximum Gasteiger partial charge on any atom is 0.327 e. The number of fused-ring (bicyclic) bond motifs is 1. The third-order valence-electron chi connectivity index (χ3n) is 3.69. The molecule has 5 heteroatoms. The van der Waals surface area contributed by atoms with Gasteiger partial charge in [0.1, 0.15) is 18.9 Å². The summed E-state index contributed by atoms with van der Waals surface area (Å²) in [6, 6.07) is 7.47. The molecular weight excluding hydrogens is 244 g/mol. The number of likely N-dealkylation sites (N-methyl/N-ethyl adjacent to an activating group) is 1. The Morgan fingerprint density at radius 1 is 1.26 bits per heavy atom. The minimum atomic E-state index is -0.218. The zero-order valence-electron chi connectivity index (χ0n) is 10.8. The number of hydrogen-bond acceptors (Lipinski definition) is 3. The predicted octanol–water partition coefficient (Wildman–Crippen LogP) is 1.27. The van der Waals surface area contributed by atoms with E-state index in [1.165, 1.54) is 9.80 Å². The van der Waals surface area contributed by atoms with Crippen LogP contribution < -0.4 is 4.74 Å². The molecule has 1 unspecified atom stereocenters. The summed E-state index contributed by atoms with van der Waals surface area (Å²) in [7, 11) is 1.65. The van der Waals surface area contributed by atoms with Gasteiger partial charge in [-0.1, -0.05) is 18.2 Å². The molecule has 0 aromatic heterocycles. The van der Waals surface area contributed by atoms with Crippen LogP contribution >= 0.6 is 0 Å². The van der Waals surface area contributed by atoms with Crippen molar-refractivity contribution >= 4 is 11.9 Å². The summed E-state index contributed by atoms with van der Waals surface area (Å²) in [5, 5.41) is 0. The summed E-state index contributed by atoms with van der Waals surface area (Å²) in [6.45, 7) is 0.546. The Morgan fingerprint density at radius 3 is 2.79 bits per heavy atom. The van der Waals surface area contributed by atoms with Crippen molar-refractivity contribution in [2.45, 2.75) is 18.9 Å². The van der Waals surface area contributed by atoms with E-state index in [9.17, 15) is 9.59 Å². The van der Waals surface area contributed by atoms with Crippen LogP contribution in [0.2, 0.25) is 0 Å². The zero-order chi connectivity index (χ0) is 13.4. The van der Waals surface area contributed by atoms with Gasteiger partial charge in [0.05, 0.1) is 6.04 Å². The van der Waals surface area contributed by atoms with E-state index in [2.05, 4.69) is 0 Å². The minimum absolute atomic E-state index is 0.132. The molecule has 2 aliphatic rings. The number of benzene rings is 1. The first-order valence-electron chi connectivity index (χ1n) is 6.44. The van der Waals surface area contributed by atoms with E-state index in [1.54, 1.807) is 7.05 Å². The monoisotopic (exact) mass is 260 g/mol. The number of para-hydroxylation sites is 1. The lowest BCUT2D eigenvalue weighted by molar-refractivity contribution is -0.127. The van der Waals surface area contributed by atoms with E-state index in [4.69, 9.17) is 4.74 Å². The Bertz CT molecular complexity index is 502. The second-order valence-electron chi connectivity index (χ2n) is 5.01. The van der Waals surface area contributed by atoms with E-state index in [-0.39, 0.29) is 24.5 Å². The third-order valence-corrected chi connectivity index (χ3v) is 3.69. The summed E-state index contributed by atoms with van der Waals surface area (Å²) >= 11 is 0. The number of nitrogens with zero attached hydrogens (tertiary/aromatic N) is 2. The van der Waals surface area contributed by atoms with Gasteiger partial charge in [-0.3, -0.25) is 9.69 Å². The van der Waals surface area contributed by atoms with Gasteiger partial charge >= 0.3 is 6.03 Å². The number of ether oxygens (including phenoxy) is 1.